The highest BCUT2D eigenvalue weighted by molar-refractivity contribution is 5.81. The molecule has 0 saturated heterocycles. The van der Waals surface area contributed by atoms with Crippen LogP contribution in [0.2, 0.25) is 0 Å². The number of aromatic amines is 1. The standard InChI is InChI=1S/C25H27N5O3/c1-15-7-6-8-17(9-15)10-16(2)28-25-22(29-24-19(13-26)14-27-30(24)25)18-11-20(31-3)23(33-5)21(12-18)32-4/h6-9,11-12,14,16,27-28H,10H2,1-5H3. The highest BCUT2D eigenvalue weighted by atomic mass is 16.5. The second-order valence-corrected chi connectivity index (χ2v) is 7.92. The Hall–Kier alpha value is -4.12. The number of hydrogen-bond acceptors (Lipinski definition) is 6. The van der Waals surface area contributed by atoms with Crippen LogP contribution in [0.1, 0.15) is 23.6 Å². The summed E-state index contributed by atoms with van der Waals surface area (Å²) in [7, 11) is 4.73. The number of H-pyrrole nitrogens is 1. The summed E-state index contributed by atoms with van der Waals surface area (Å²) in [5, 5.41) is 16.3. The van der Waals surface area contributed by atoms with E-state index < -0.39 is 0 Å². The maximum absolute atomic E-state index is 9.53. The lowest BCUT2D eigenvalue weighted by molar-refractivity contribution is 0.324. The van der Waals surface area contributed by atoms with E-state index in [0.717, 1.165) is 17.8 Å². The van der Waals surface area contributed by atoms with Gasteiger partial charge in [-0.05, 0) is 38.0 Å². The van der Waals surface area contributed by atoms with E-state index in [9.17, 15) is 5.26 Å². The molecule has 4 rings (SSSR count). The quantitative estimate of drug-likeness (QED) is 0.412. The van der Waals surface area contributed by atoms with Gasteiger partial charge in [0, 0.05) is 17.8 Å². The maximum Gasteiger partial charge on any atom is 0.203 e. The fraction of sp³-hybridized carbons (Fsp3) is 0.280. The lowest BCUT2D eigenvalue weighted by Crippen LogP contribution is -2.20. The van der Waals surface area contributed by atoms with Gasteiger partial charge >= 0.3 is 0 Å². The Morgan fingerprint density at radius 2 is 1.85 bits per heavy atom. The molecule has 33 heavy (non-hydrogen) atoms. The van der Waals surface area contributed by atoms with Gasteiger partial charge in [-0.15, -0.1) is 0 Å². The monoisotopic (exact) mass is 445 g/mol. The van der Waals surface area contributed by atoms with Crippen molar-refractivity contribution in [1.82, 2.24) is 14.6 Å². The fourth-order valence-electron chi connectivity index (χ4n) is 4.03. The summed E-state index contributed by atoms with van der Waals surface area (Å²) >= 11 is 0. The van der Waals surface area contributed by atoms with Gasteiger partial charge in [0.15, 0.2) is 23.0 Å². The molecule has 2 heterocycles. The molecule has 2 aromatic carbocycles. The van der Waals surface area contributed by atoms with Crippen molar-refractivity contribution in [2.24, 2.45) is 0 Å². The van der Waals surface area contributed by atoms with Gasteiger partial charge in [0.25, 0.3) is 0 Å². The molecule has 2 aromatic heterocycles. The number of methoxy groups -OCH3 is 3. The second-order valence-electron chi connectivity index (χ2n) is 7.92. The molecule has 8 heteroatoms. The minimum absolute atomic E-state index is 0.0984. The van der Waals surface area contributed by atoms with Crippen molar-refractivity contribution >= 4 is 11.5 Å². The second kappa shape index (κ2) is 9.17. The number of rotatable bonds is 8. The van der Waals surface area contributed by atoms with Crippen LogP contribution in [0.25, 0.3) is 16.9 Å². The van der Waals surface area contributed by atoms with Gasteiger partial charge in [0.05, 0.1) is 21.3 Å². The highest BCUT2D eigenvalue weighted by Crippen LogP contribution is 2.42. The zero-order valence-corrected chi connectivity index (χ0v) is 19.4. The molecular formula is C25H27N5O3. The molecule has 0 bridgehead atoms. The summed E-state index contributed by atoms with van der Waals surface area (Å²) in [6.07, 6.45) is 2.48. The number of aryl methyl sites for hydroxylation is 1. The summed E-state index contributed by atoms with van der Waals surface area (Å²) in [5.74, 6) is 2.32. The minimum Gasteiger partial charge on any atom is -0.493 e. The first kappa shape index (κ1) is 22.1. The summed E-state index contributed by atoms with van der Waals surface area (Å²) in [6, 6.07) is 14.5. The first-order valence-corrected chi connectivity index (χ1v) is 10.6. The van der Waals surface area contributed by atoms with Gasteiger partial charge in [0.1, 0.15) is 17.3 Å². The molecule has 0 aliphatic rings. The van der Waals surface area contributed by atoms with Gasteiger partial charge < -0.3 is 19.5 Å². The normalized spacial score (nSPS) is 11.8. The number of fused-ring (bicyclic) bond motifs is 1. The molecule has 0 radical (unpaired) electrons. The van der Waals surface area contributed by atoms with Crippen LogP contribution in [0.5, 0.6) is 17.2 Å². The van der Waals surface area contributed by atoms with Crippen LogP contribution < -0.4 is 19.5 Å². The van der Waals surface area contributed by atoms with Crippen LogP contribution >= 0.6 is 0 Å². The number of nitrogens with one attached hydrogen (secondary N) is 2. The number of hydrogen-bond donors (Lipinski definition) is 2. The average molecular weight is 446 g/mol. The van der Waals surface area contributed by atoms with Crippen LogP contribution in [0, 0.1) is 18.3 Å². The Kier molecular flexibility index (Phi) is 6.13. The van der Waals surface area contributed by atoms with Crippen molar-refractivity contribution in [2.45, 2.75) is 26.3 Å². The first-order chi connectivity index (χ1) is 16.0. The molecule has 2 N–H and O–H groups in total. The van der Waals surface area contributed by atoms with Crippen LogP contribution in [-0.4, -0.2) is 42.0 Å². The zero-order chi connectivity index (χ0) is 23.5. The molecule has 1 atom stereocenters. The molecule has 0 spiro atoms. The van der Waals surface area contributed by atoms with Crippen molar-refractivity contribution in [3.8, 4) is 34.6 Å². The number of aromatic nitrogens is 3. The van der Waals surface area contributed by atoms with E-state index in [0.29, 0.717) is 34.2 Å². The Bertz CT molecular complexity index is 1310. The molecule has 0 aliphatic carbocycles. The molecule has 8 nitrogen and oxygen atoms in total. The van der Waals surface area contributed by atoms with Gasteiger partial charge in [-0.25, -0.2) is 9.50 Å². The van der Waals surface area contributed by atoms with Crippen LogP contribution in [0.15, 0.2) is 42.6 Å². The molecule has 1 unspecified atom stereocenters. The van der Waals surface area contributed by atoms with Crippen molar-refractivity contribution < 1.29 is 14.2 Å². The van der Waals surface area contributed by atoms with Crippen LogP contribution in [0.3, 0.4) is 0 Å². The largest absolute Gasteiger partial charge is 0.493 e. The van der Waals surface area contributed by atoms with Crippen molar-refractivity contribution in [2.75, 3.05) is 26.6 Å². The topological polar surface area (TPSA) is 96.6 Å². The Morgan fingerprint density at radius 1 is 1.12 bits per heavy atom. The molecular weight excluding hydrogens is 418 g/mol. The van der Waals surface area contributed by atoms with Gasteiger partial charge in [-0.3, -0.25) is 5.10 Å². The smallest absolute Gasteiger partial charge is 0.203 e. The molecule has 0 amide bonds. The lowest BCUT2D eigenvalue weighted by atomic mass is 10.0. The fourth-order valence-corrected chi connectivity index (χ4v) is 4.03. The number of nitriles is 1. The maximum atomic E-state index is 9.53. The van der Waals surface area contributed by atoms with Gasteiger partial charge in [-0.1, -0.05) is 29.8 Å². The van der Waals surface area contributed by atoms with Crippen molar-refractivity contribution in [1.29, 1.82) is 5.26 Å². The van der Waals surface area contributed by atoms with E-state index in [-0.39, 0.29) is 6.04 Å². The number of imidazole rings is 1. The predicted molar refractivity (Wildman–Crippen MR) is 127 cm³/mol. The third-order valence-electron chi connectivity index (χ3n) is 5.52. The Balaban J connectivity index is 1.80. The SMILES string of the molecule is COc1cc(-c2nc3c(C#N)c[nH]n3c2NC(C)Cc2cccc(C)c2)cc(OC)c1OC. The van der Waals surface area contributed by atoms with Gasteiger partial charge in [-0.2, -0.15) is 5.26 Å². The van der Waals surface area contributed by atoms with E-state index in [2.05, 4.69) is 54.6 Å². The summed E-state index contributed by atoms with van der Waals surface area (Å²) < 4.78 is 18.3. The molecule has 0 aliphatic heterocycles. The van der Waals surface area contributed by atoms with Crippen LogP contribution in [-0.2, 0) is 6.42 Å². The Labute approximate surface area is 192 Å². The summed E-state index contributed by atoms with van der Waals surface area (Å²) in [6.45, 7) is 4.21. The Morgan fingerprint density at radius 3 is 2.45 bits per heavy atom. The third-order valence-corrected chi connectivity index (χ3v) is 5.52. The molecule has 0 saturated carbocycles. The van der Waals surface area contributed by atoms with E-state index >= 15 is 0 Å². The summed E-state index contributed by atoms with van der Waals surface area (Å²) in [4.78, 5) is 4.79. The lowest BCUT2D eigenvalue weighted by Gasteiger charge is -2.17. The van der Waals surface area contributed by atoms with Gasteiger partial charge in [0.2, 0.25) is 5.75 Å². The predicted octanol–water partition coefficient (Wildman–Crippen LogP) is 4.58. The molecule has 170 valence electrons. The van der Waals surface area contributed by atoms with Crippen molar-refractivity contribution in [3.05, 3.63) is 59.3 Å². The zero-order valence-electron chi connectivity index (χ0n) is 19.4. The number of anilines is 1. The van der Waals surface area contributed by atoms with Crippen LogP contribution in [0.4, 0.5) is 5.82 Å². The average Bonchev–Trinajstić information content (AvgIpc) is 3.37. The first-order valence-electron chi connectivity index (χ1n) is 10.6. The van der Waals surface area contributed by atoms with Crippen molar-refractivity contribution in [3.63, 3.8) is 0 Å². The van der Waals surface area contributed by atoms with E-state index in [1.165, 1.54) is 11.1 Å². The number of ether oxygens (including phenoxy) is 3. The van der Waals surface area contributed by atoms with E-state index in [1.807, 2.05) is 12.1 Å². The number of benzene rings is 2. The summed E-state index contributed by atoms with van der Waals surface area (Å²) in [5.41, 5.74) is 4.93. The molecule has 0 fully saturated rings. The van der Waals surface area contributed by atoms with E-state index in [1.54, 1.807) is 32.0 Å². The minimum atomic E-state index is 0.0984. The highest BCUT2D eigenvalue weighted by Gasteiger charge is 2.22. The molecule has 4 aromatic rings. The third kappa shape index (κ3) is 4.17. The number of nitrogens with zero attached hydrogens (tertiary/aromatic N) is 3. The van der Waals surface area contributed by atoms with E-state index in [4.69, 9.17) is 19.2 Å².